The summed E-state index contributed by atoms with van der Waals surface area (Å²) in [6, 6.07) is 9.71. The van der Waals surface area contributed by atoms with Gasteiger partial charge in [-0.05, 0) is 35.0 Å². The summed E-state index contributed by atoms with van der Waals surface area (Å²) in [5.41, 5.74) is 0.210. The van der Waals surface area contributed by atoms with Crippen LogP contribution in [0.15, 0.2) is 36.4 Å². The minimum Gasteiger partial charge on any atom is -0.478 e. The van der Waals surface area contributed by atoms with Crippen LogP contribution < -0.4 is 5.30 Å². The molecule has 2 rings (SSSR count). The summed E-state index contributed by atoms with van der Waals surface area (Å²) >= 11 is 0. The number of aromatic carboxylic acids is 1. The van der Waals surface area contributed by atoms with Gasteiger partial charge in [-0.1, -0.05) is 12.1 Å². The molecule has 0 unspecified atom stereocenters. The van der Waals surface area contributed by atoms with Crippen molar-refractivity contribution < 1.29 is 23.5 Å². The van der Waals surface area contributed by atoms with Crippen molar-refractivity contribution in [1.29, 1.82) is 0 Å². The number of rotatable bonds is 4. The quantitative estimate of drug-likeness (QED) is 0.871. The summed E-state index contributed by atoms with van der Waals surface area (Å²) in [6.45, 7) is 0. The number of hydrogen-bond acceptors (Lipinski definition) is 4. The molecule has 0 aliphatic carbocycles. The van der Waals surface area contributed by atoms with Crippen LogP contribution in [0, 0.1) is 0 Å². The van der Waals surface area contributed by atoms with Crippen LogP contribution in [0.3, 0.4) is 0 Å². The molecular formula is C13H13O5P. The Kier molecular flexibility index (Phi) is 3.71. The van der Waals surface area contributed by atoms with E-state index in [0.717, 1.165) is 10.8 Å². The summed E-state index contributed by atoms with van der Waals surface area (Å²) in [7, 11) is -0.642. The van der Waals surface area contributed by atoms with Crippen LogP contribution >= 0.6 is 7.60 Å². The highest BCUT2D eigenvalue weighted by atomic mass is 31.2. The maximum absolute atomic E-state index is 12.2. The van der Waals surface area contributed by atoms with Crippen molar-refractivity contribution in [2.75, 3.05) is 14.2 Å². The first-order valence-electron chi connectivity index (χ1n) is 5.49. The predicted molar refractivity (Wildman–Crippen MR) is 72.2 cm³/mol. The molecule has 0 spiro atoms. The summed E-state index contributed by atoms with van der Waals surface area (Å²) in [5.74, 6) is -0.981. The van der Waals surface area contributed by atoms with E-state index in [1.807, 2.05) is 0 Å². The zero-order valence-corrected chi connectivity index (χ0v) is 11.4. The van der Waals surface area contributed by atoms with Gasteiger partial charge < -0.3 is 14.2 Å². The van der Waals surface area contributed by atoms with Crippen molar-refractivity contribution in [3.05, 3.63) is 42.0 Å². The average molecular weight is 280 g/mol. The fraction of sp³-hybridized carbons (Fsp3) is 0.154. The third-order valence-electron chi connectivity index (χ3n) is 2.87. The fourth-order valence-electron chi connectivity index (χ4n) is 1.82. The summed E-state index contributed by atoms with van der Waals surface area (Å²) in [5, 5.41) is 10.9. The number of carboxylic acid groups (broad SMARTS) is 1. The van der Waals surface area contributed by atoms with E-state index in [4.69, 9.17) is 14.2 Å². The van der Waals surface area contributed by atoms with Crippen LogP contribution in [0.25, 0.3) is 10.8 Å². The molecule has 0 aromatic heterocycles. The Morgan fingerprint density at radius 1 is 1.05 bits per heavy atom. The van der Waals surface area contributed by atoms with Gasteiger partial charge in [0.1, 0.15) is 0 Å². The van der Waals surface area contributed by atoms with E-state index in [1.54, 1.807) is 30.3 Å². The van der Waals surface area contributed by atoms with Gasteiger partial charge in [0.2, 0.25) is 0 Å². The van der Waals surface area contributed by atoms with E-state index in [-0.39, 0.29) is 5.56 Å². The minimum atomic E-state index is -3.29. The molecule has 0 saturated heterocycles. The molecule has 5 nitrogen and oxygen atoms in total. The SMILES string of the molecule is COP(=O)(OC)c1ccc2cc(C(=O)O)ccc2c1. The molecule has 0 aliphatic heterocycles. The van der Waals surface area contributed by atoms with Crippen LogP contribution in [-0.4, -0.2) is 25.3 Å². The molecule has 2 aromatic rings. The molecule has 19 heavy (non-hydrogen) atoms. The molecule has 0 radical (unpaired) electrons. The summed E-state index contributed by atoms with van der Waals surface area (Å²) < 4.78 is 22.1. The molecule has 0 atom stereocenters. The molecule has 100 valence electrons. The highest BCUT2D eigenvalue weighted by Crippen LogP contribution is 2.45. The van der Waals surface area contributed by atoms with Crippen LogP contribution in [0.4, 0.5) is 0 Å². The molecule has 6 heteroatoms. The molecular weight excluding hydrogens is 267 g/mol. The van der Waals surface area contributed by atoms with Crippen molar-refractivity contribution in [1.82, 2.24) is 0 Å². The van der Waals surface area contributed by atoms with Crippen molar-refractivity contribution in [3.63, 3.8) is 0 Å². The third-order valence-corrected chi connectivity index (χ3v) is 4.74. The normalized spacial score (nSPS) is 11.7. The maximum Gasteiger partial charge on any atom is 0.360 e. The Balaban J connectivity index is 2.56. The van der Waals surface area contributed by atoms with E-state index in [1.165, 1.54) is 20.3 Å². The Morgan fingerprint density at radius 2 is 1.63 bits per heavy atom. The molecule has 0 bridgehead atoms. The largest absolute Gasteiger partial charge is 0.478 e. The van der Waals surface area contributed by atoms with Gasteiger partial charge in [-0.2, -0.15) is 0 Å². The zero-order chi connectivity index (χ0) is 14.0. The molecule has 1 N–H and O–H groups in total. The maximum atomic E-state index is 12.2. The van der Waals surface area contributed by atoms with E-state index in [2.05, 4.69) is 0 Å². The third kappa shape index (κ3) is 2.54. The van der Waals surface area contributed by atoms with E-state index in [0.29, 0.717) is 5.30 Å². The van der Waals surface area contributed by atoms with Gasteiger partial charge in [0.05, 0.1) is 10.9 Å². The van der Waals surface area contributed by atoms with Crippen LogP contribution in [-0.2, 0) is 13.6 Å². The summed E-state index contributed by atoms with van der Waals surface area (Å²) in [6.07, 6.45) is 0. The molecule has 0 heterocycles. The van der Waals surface area contributed by atoms with Gasteiger partial charge in [-0.3, -0.25) is 4.57 Å². The topological polar surface area (TPSA) is 72.8 Å². The highest BCUT2D eigenvalue weighted by Gasteiger charge is 2.24. The highest BCUT2D eigenvalue weighted by molar-refractivity contribution is 7.62. The van der Waals surface area contributed by atoms with Crippen molar-refractivity contribution in [2.24, 2.45) is 0 Å². The smallest absolute Gasteiger partial charge is 0.360 e. The molecule has 0 saturated carbocycles. The van der Waals surface area contributed by atoms with Crippen LogP contribution in [0.1, 0.15) is 10.4 Å². The first-order valence-corrected chi connectivity index (χ1v) is 7.03. The van der Waals surface area contributed by atoms with E-state index in [9.17, 15) is 9.36 Å². The number of benzene rings is 2. The van der Waals surface area contributed by atoms with Gasteiger partial charge in [-0.15, -0.1) is 0 Å². The number of fused-ring (bicyclic) bond motifs is 1. The zero-order valence-electron chi connectivity index (χ0n) is 10.5. The Morgan fingerprint density at radius 3 is 2.21 bits per heavy atom. The first kappa shape index (κ1) is 13.7. The molecule has 0 fully saturated rings. The lowest BCUT2D eigenvalue weighted by Crippen LogP contribution is -2.07. The second-order valence-electron chi connectivity index (χ2n) is 3.91. The van der Waals surface area contributed by atoms with Crippen molar-refractivity contribution >= 4 is 29.6 Å². The number of carbonyl (C=O) groups is 1. The summed E-state index contributed by atoms with van der Waals surface area (Å²) in [4.78, 5) is 10.9. The Hall–Kier alpha value is -1.68. The lowest BCUT2D eigenvalue weighted by Gasteiger charge is -2.14. The minimum absolute atomic E-state index is 0.210. The van der Waals surface area contributed by atoms with Gasteiger partial charge >= 0.3 is 13.6 Å². The van der Waals surface area contributed by atoms with Gasteiger partial charge in [0, 0.05) is 14.2 Å². The van der Waals surface area contributed by atoms with Crippen LogP contribution in [0.5, 0.6) is 0 Å². The lowest BCUT2D eigenvalue weighted by atomic mass is 10.1. The average Bonchev–Trinajstić information content (AvgIpc) is 2.45. The lowest BCUT2D eigenvalue weighted by molar-refractivity contribution is 0.0697. The number of carboxylic acids is 1. The van der Waals surface area contributed by atoms with Gasteiger partial charge in [0.25, 0.3) is 0 Å². The first-order chi connectivity index (χ1) is 9.00. The molecule has 0 amide bonds. The van der Waals surface area contributed by atoms with Gasteiger partial charge in [0.15, 0.2) is 0 Å². The molecule has 2 aromatic carbocycles. The van der Waals surface area contributed by atoms with Crippen LogP contribution in [0.2, 0.25) is 0 Å². The van der Waals surface area contributed by atoms with Gasteiger partial charge in [-0.25, -0.2) is 4.79 Å². The number of hydrogen-bond donors (Lipinski definition) is 1. The second kappa shape index (κ2) is 5.13. The monoisotopic (exact) mass is 280 g/mol. The fourth-order valence-corrected chi connectivity index (χ4v) is 2.95. The van der Waals surface area contributed by atoms with Crippen molar-refractivity contribution in [2.45, 2.75) is 0 Å². The van der Waals surface area contributed by atoms with E-state index >= 15 is 0 Å². The van der Waals surface area contributed by atoms with E-state index < -0.39 is 13.6 Å². The predicted octanol–water partition coefficient (Wildman–Crippen LogP) is 2.65. The standard InChI is InChI=1S/C13H13O5P/c1-17-19(16,18-2)12-6-5-9-7-11(13(14)15)4-3-10(9)8-12/h3-8H,1-2H3,(H,14,15). The second-order valence-corrected chi connectivity index (χ2v) is 6.16. The molecule has 0 aliphatic rings. The Bertz CT molecular complexity index is 672. The Labute approximate surface area is 110 Å². The van der Waals surface area contributed by atoms with Crippen molar-refractivity contribution in [3.8, 4) is 0 Å².